The SMILES string of the molecule is CC(Sc1cccc(NC(=O)/C(=C\c2ccc(Cl)cc2Cl)NC(=O)c2ccccc2)c1)C(=O)Nc1sc2c(c1C#N)CCC(c1ccccc1)C2. The number of hydrogen-bond donors (Lipinski definition) is 3. The van der Waals surface area contributed by atoms with Gasteiger partial charge >= 0.3 is 0 Å². The largest absolute Gasteiger partial charge is 0.321 e. The summed E-state index contributed by atoms with van der Waals surface area (Å²) in [6.07, 6.45) is 4.09. The van der Waals surface area contributed by atoms with E-state index in [4.69, 9.17) is 23.2 Å². The molecule has 4 aromatic carbocycles. The molecular weight excluding hydrogens is 720 g/mol. The molecule has 3 amide bonds. The maximum atomic E-state index is 13.6. The summed E-state index contributed by atoms with van der Waals surface area (Å²) in [6, 6.07) is 33.2. The number of nitriles is 1. The van der Waals surface area contributed by atoms with E-state index >= 15 is 0 Å². The standard InChI is InChI=1S/C40H32Cl2N4O3S2/c1-24(37(47)46-40-33(23-43)32-18-16-27(20-36(32)51-40)25-9-4-2-5-10-25)50-31-14-8-13-30(22-31)44-39(49)35(19-28-15-17-29(41)21-34(28)42)45-38(48)26-11-6-3-7-12-26/h2-15,17,19,21-22,24,27H,16,18,20H2,1H3,(H,44,49)(H,45,48)(H,46,47)/b35-19+. The Bertz CT molecular complexity index is 2160. The van der Waals surface area contributed by atoms with Gasteiger partial charge in [-0.05, 0) is 97.3 Å². The molecule has 0 saturated carbocycles. The summed E-state index contributed by atoms with van der Waals surface area (Å²) < 4.78 is 0. The molecule has 0 spiro atoms. The van der Waals surface area contributed by atoms with Gasteiger partial charge in [0.05, 0.1) is 10.8 Å². The smallest absolute Gasteiger partial charge is 0.272 e. The fourth-order valence-electron chi connectivity index (χ4n) is 5.84. The van der Waals surface area contributed by atoms with Crippen molar-refractivity contribution in [1.29, 1.82) is 5.26 Å². The average Bonchev–Trinajstić information content (AvgIpc) is 3.49. The highest BCUT2D eigenvalue weighted by Crippen LogP contribution is 2.42. The van der Waals surface area contributed by atoms with Crippen LogP contribution in [0.5, 0.6) is 0 Å². The van der Waals surface area contributed by atoms with E-state index in [0.717, 1.165) is 34.6 Å². The average molecular weight is 752 g/mol. The van der Waals surface area contributed by atoms with Crippen molar-refractivity contribution in [3.05, 3.63) is 152 Å². The van der Waals surface area contributed by atoms with E-state index in [1.807, 2.05) is 12.1 Å². The number of hydrogen-bond acceptors (Lipinski definition) is 6. The third-order valence-electron chi connectivity index (χ3n) is 8.45. The van der Waals surface area contributed by atoms with Gasteiger partial charge in [-0.25, -0.2) is 0 Å². The van der Waals surface area contributed by atoms with Crippen molar-refractivity contribution in [3.63, 3.8) is 0 Å². The third kappa shape index (κ3) is 8.91. The van der Waals surface area contributed by atoms with Crippen LogP contribution in [0.1, 0.15) is 56.8 Å². The number of halogens is 2. The Morgan fingerprint density at radius 1 is 0.941 bits per heavy atom. The molecule has 3 N–H and O–H groups in total. The molecule has 51 heavy (non-hydrogen) atoms. The van der Waals surface area contributed by atoms with Gasteiger partial charge in [-0.15, -0.1) is 23.1 Å². The van der Waals surface area contributed by atoms with Crippen LogP contribution < -0.4 is 16.0 Å². The van der Waals surface area contributed by atoms with Crippen LogP contribution in [0.4, 0.5) is 10.7 Å². The number of nitrogens with one attached hydrogen (secondary N) is 3. The molecule has 0 bridgehead atoms. The first kappa shape index (κ1) is 36.0. The molecule has 2 atom stereocenters. The highest BCUT2D eigenvalue weighted by Gasteiger charge is 2.28. The number of carbonyl (C=O) groups is 3. The summed E-state index contributed by atoms with van der Waals surface area (Å²) in [5.41, 5.74) is 4.20. The number of thioether (sulfide) groups is 1. The lowest BCUT2D eigenvalue weighted by atomic mass is 9.83. The number of rotatable bonds is 10. The maximum Gasteiger partial charge on any atom is 0.272 e. The summed E-state index contributed by atoms with van der Waals surface area (Å²) >= 11 is 15.3. The Balaban J connectivity index is 1.14. The Kier molecular flexibility index (Phi) is 11.6. The van der Waals surface area contributed by atoms with Crippen molar-refractivity contribution < 1.29 is 14.4 Å². The van der Waals surface area contributed by atoms with Crippen molar-refractivity contribution >= 4 is 80.8 Å². The first-order valence-corrected chi connectivity index (χ1v) is 18.7. The van der Waals surface area contributed by atoms with E-state index in [1.165, 1.54) is 34.7 Å². The Labute approximate surface area is 314 Å². The molecular formula is C40H32Cl2N4O3S2. The number of carbonyl (C=O) groups excluding carboxylic acids is 3. The van der Waals surface area contributed by atoms with Gasteiger partial charge in [-0.1, -0.05) is 83.9 Å². The van der Waals surface area contributed by atoms with E-state index in [9.17, 15) is 19.6 Å². The first-order chi connectivity index (χ1) is 24.7. The molecule has 11 heteroatoms. The van der Waals surface area contributed by atoms with E-state index in [1.54, 1.807) is 73.7 Å². The topological polar surface area (TPSA) is 111 Å². The second-order valence-electron chi connectivity index (χ2n) is 11.9. The molecule has 2 unspecified atom stereocenters. The predicted molar refractivity (Wildman–Crippen MR) is 208 cm³/mol. The molecule has 5 aromatic rings. The molecule has 1 aliphatic rings. The van der Waals surface area contributed by atoms with Gasteiger partial charge < -0.3 is 16.0 Å². The van der Waals surface area contributed by atoms with E-state index < -0.39 is 17.1 Å². The molecule has 0 aliphatic heterocycles. The number of thiophene rings is 1. The van der Waals surface area contributed by atoms with Crippen molar-refractivity contribution in [2.75, 3.05) is 10.6 Å². The summed E-state index contributed by atoms with van der Waals surface area (Å²) in [6.45, 7) is 1.80. The lowest BCUT2D eigenvalue weighted by molar-refractivity contribution is -0.115. The minimum absolute atomic E-state index is 0.0269. The lowest BCUT2D eigenvalue weighted by Crippen LogP contribution is -2.30. The van der Waals surface area contributed by atoms with Gasteiger partial charge in [0.2, 0.25) is 5.91 Å². The van der Waals surface area contributed by atoms with Crippen LogP contribution in [0, 0.1) is 11.3 Å². The van der Waals surface area contributed by atoms with Gasteiger partial charge in [0, 0.05) is 31.1 Å². The highest BCUT2D eigenvalue weighted by atomic mass is 35.5. The molecule has 1 aromatic heterocycles. The lowest BCUT2D eigenvalue weighted by Gasteiger charge is -2.22. The van der Waals surface area contributed by atoms with Gasteiger partial charge in [0.25, 0.3) is 11.8 Å². The molecule has 7 nitrogen and oxygen atoms in total. The molecule has 0 radical (unpaired) electrons. The highest BCUT2D eigenvalue weighted by molar-refractivity contribution is 8.00. The predicted octanol–water partition coefficient (Wildman–Crippen LogP) is 9.73. The number of nitrogens with zero attached hydrogens (tertiary/aromatic N) is 1. The van der Waals surface area contributed by atoms with Gasteiger partial charge in [0.1, 0.15) is 16.8 Å². The summed E-state index contributed by atoms with van der Waals surface area (Å²) in [5, 5.41) is 19.4. The summed E-state index contributed by atoms with van der Waals surface area (Å²) in [7, 11) is 0. The number of benzene rings is 4. The van der Waals surface area contributed by atoms with Crippen LogP contribution in [-0.2, 0) is 22.4 Å². The zero-order valence-electron chi connectivity index (χ0n) is 27.4. The first-order valence-electron chi connectivity index (χ1n) is 16.2. The van der Waals surface area contributed by atoms with Crippen LogP contribution in [0.25, 0.3) is 6.08 Å². The van der Waals surface area contributed by atoms with Gasteiger partial charge in [0.15, 0.2) is 0 Å². The van der Waals surface area contributed by atoms with Crippen molar-refractivity contribution in [2.45, 2.75) is 42.2 Å². The number of fused-ring (bicyclic) bond motifs is 1. The Hall–Kier alpha value is -4.85. The Morgan fingerprint density at radius 3 is 2.41 bits per heavy atom. The van der Waals surface area contributed by atoms with Crippen LogP contribution in [-0.4, -0.2) is 23.0 Å². The van der Waals surface area contributed by atoms with E-state index in [2.05, 4.69) is 46.3 Å². The van der Waals surface area contributed by atoms with Crippen molar-refractivity contribution in [2.24, 2.45) is 0 Å². The van der Waals surface area contributed by atoms with E-state index in [0.29, 0.717) is 43.3 Å². The van der Waals surface area contributed by atoms with Crippen LogP contribution in [0.15, 0.2) is 114 Å². The summed E-state index contributed by atoms with van der Waals surface area (Å²) in [5.74, 6) is -0.874. The quantitative estimate of drug-likeness (QED) is 0.0973. The van der Waals surface area contributed by atoms with Crippen molar-refractivity contribution in [3.8, 4) is 6.07 Å². The van der Waals surface area contributed by atoms with Gasteiger partial charge in [-0.3, -0.25) is 14.4 Å². The number of amides is 3. The monoisotopic (exact) mass is 750 g/mol. The van der Waals surface area contributed by atoms with Gasteiger partial charge in [-0.2, -0.15) is 5.26 Å². The fraction of sp³-hybridized carbons (Fsp3) is 0.150. The Morgan fingerprint density at radius 2 is 1.69 bits per heavy atom. The summed E-state index contributed by atoms with van der Waals surface area (Å²) in [4.78, 5) is 41.9. The molecule has 0 saturated heterocycles. The zero-order chi connectivity index (χ0) is 35.9. The third-order valence-corrected chi connectivity index (χ3v) is 11.3. The fourth-order valence-corrected chi connectivity index (χ4v) is 8.51. The number of anilines is 2. The van der Waals surface area contributed by atoms with Crippen LogP contribution in [0.3, 0.4) is 0 Å². The van der Waals surface area contributed by atoms with E-state index in [-0.39, 0.29) is 11.6 Å². The minimum atomic E-state index is -0.571. The normalized spacial score (nSPS) is 14.5. The second-order valence-corrected chi connectivity index (χ2v) is 15.3. The van der Waals surface area contributed by atoms with Crippen LogP contribution in [0.2, 0.25) is 10.0 Å². The van der Waals surface area contributed by atoms with Crippen LogP contribution >= 0.6 is 46.3 Å². The maximum absolute atomic E-state index is 13.6. The molecule has 256 valence electrons. The molecule has 1 heterocycles. The molecule has 0 fully saturated rings. The minimum Gasteiger partial charge on any atom is -0.321 e. The van der Waals surface area contributed by atoms with Crippen molar-refractivity contribution in [1.82, 2.24) is 5.32 Å². The zero-order valence-corrected chi connectivity index (χ0v) is 30.6. The molecule has 1 aliphatic carbocycles. The molecule has 6 rings (SSSR count). The second kappa shape index (κ2) is 16.4.